The number of hydrogen-bond acceptors (Lipinski definition) is 4. The Morgan fingerprint density at radius 3 is 2.80 bits per heavy atom. The lowest BCUT2D eigenvalue weighted by Gasteiger charge is -2.45. The molecule has 0 saturated carbocycles. The molecule has 2 fully saturated rings. The van der Waals surface area contributed by atoms with Crippen LogP contribution in [0.5, 0.6) is 0 Å². The van der Waals surface area contributed by atoms with Crippen molar-refractivity contribution in [3.63, 3.8) is 0 Å². The van der Waals surface area contributed by atoms with Gasteiger partial charge in [-0.3, -0.25) is 0 Å². The van der Waals surface area contributed by atoms with Gasteiger partial charge in [-0.15, -0.1) is 0 Å². The molecule has 2 aliphatic rings. The third-order valence-corrected chi connectivity index (χ3v) is 5.34. The van der Waals surface area contributed by atoms with Crippen LogP contribution in [0, 0.1) is 5.92 Å². The van der Waals surface area contributed by atoms with Crippen LogP contribution in [0.2, 0.25) is 0 Å². The van der Waals surface area contributed by atoms with Crippen LogP contribution in [0.15, 0.2) is 21.4 Å². The highest BCUT2D eigenvalue weighted by Crippen LogP contribution is 2.43. The molecule has 2 atom stereocenters. The van der Waals surface area contributed by atoms with Crippen molar-refractivity contribution in [2.45, 2.75) is 37.3 Å². The minimum absolute atomic E-state index is 0.0342. The molecule has 2 unspecified atom stereocenters. The Morgan fingerprint density at radius 2 is 2.15 bits per heavy atom. The molecule has 1 spiro atoms. The Morgan fingerprint density at radius 1 is 1.35 bits per heavy atom. The molecule has 1 aromatic heterocycles. The average Bonchev–Trinajstić information content (AvgIpc) is 2.87. The SMILES string of the molecule is CNC(c1ccoc1Br)C1CCOC2(CCOCC2)C1. The summed E-state index contributed by atoms with van der Waals surface area (Å²) in [5.41, 5.74) is 1.24. The van der Waals surface area contributed by atoms with E-state index in [1.54, 1.807) is 6.26 Å². The molecule has 0 aromatic carbocycles. The summed E-state index contributed by atoms with van der Waals surface area (Å²) in [6.45, 7) is 2.50. The van der Waals surface area contributed by atoms with E-state index in [0.29, 0.717) is 12.0 Å². The van der Waals surface area contributed by atoms with Crippen molar-refractivity contribution in [3.8, 4) is 0 Å². The lowest BCUT2D eigenvalue weighted by Crippen LogP contribution is -2.46. The largest absolute Gasteiger partial charge is 0.457 e. The minimum Gasteiger partial charge on any atom is -0.457 e. The summed E-state index contributed by atoms with van der Waals surface area (Å²) in [5.74, 6) is 0.570. The van der Waals surface area contributed by atoms with E-state index in [2.05, 4.69) is 27.3 Å². The third-order valence-electron chi connectivity index (χ3n) is 4.70. The quantitative estimate of drug-likeness (QED) is 0.914. The molecule has 0 bridgehead atoms. The van der Waals surface area contributed by atoms with Gasteiger partial charge in [0.1, 0.15) is 0 Å². The second kappa shape index (κ2) is 6.18. The second-order valence-electron chi connectivity index (χ2n) is 5.81. The fourth-order valence-electron chi connectivity index (χ4n) is 3.61. The van der Waals surface area contributed by atoms with E-state index in [0.717, 1.165) is 50.2 Å². The lowest BCUT2D eigenvalue weighted by atomic mass is 9.76. The predicted octanol–water partition coefficient (Wildman–Crippen LogP) is 3.28. The van der Waals surface area contributed by atoms with Gasteiger partial charge in [-0.25, -0.2) is 0 Å². The van der Waals surface area contributed by atoms with Crippen molar-refractivity contribution < 1.29 is 13.9 Å². The van der Waals surface area contributed by atoms with Gasteiger partial charge in [-0.2, -0.15) is 0 Å². The van der Waals surface area contributed by atoms with Crippen LogP contribution in [0.1, 0.15) is 37.3 Å². The van der Waals surface area contributed by atoms with Crippen molar-refractivity contribution in [1.29, 1.82) is 0 Å². The summed E-state index contributed by atoms with van der Waals surface area (Å²) in [6.07, 6.45) is 5.97. The smallest absolute Gasteiger partial charge is 0.173 e. The summed E-state index contributed by atoms with van der Waals surface area (Å²) >= 11 is 3.50. The van der Waals surface area contributed by atoms with E-state index in [9.17, 15) is 0 Å². The average molecular weight is 344 g/mol. The first kappa shape index (κ1) is 14.6. The third kappa shape index (κ3) is 2.82. The molecule has 0 amide bonds. The van der Waals surface area contributed by atoms with Crippen molar-refractivity contribution in [2.24, 2.45) is 5.92 Å². The summed E-state index contributed by atoms with van der Waals surface area (Å²) in [6, 6.07) is 2.36. The highest BCUT2D eigenvalue weighted by atomic mass is 79.9. The van der Waals surface area contributed by atoms with E-state index in [1.165, 1.54) is 5.56 Å². The highest BCUT2D eigenvalue weighted by molar-refractivity contribution is 9.10. The maximum atomic E-state index is 6.14. The zero-order chi connectivity index (χ0) is 14.0. The second-order valence-corrected chi connectivity index (χ2v) is 6.53. The lowest BCUT2D eigenvalue weighted by molar-refractivity contribution is -0.150. The molecular formula is C15H22BrNO3. The standard InChI is InChI=1S/C15H22BrNO3/c1-17-13(12-3-6-19-14(12)16)11-2-7-20-15(10-11)4-8-18-9-5-15/h3,6,11,13,17H,2,4-5,7-10H2,1H3. The Kier molecular flexibility index (Phi) is 4.50. The molecule has 5 heteroatoms. The van der Waals surface area contributed by atoms with Crippen LogP contribution in [-0.4, -0.2) is 32.5 Å². The van der Waals surface area contributed by atoms with Crippen molar-refractivity contribution >= 4 is 15.9 Å². The molecule has 3 rings (SSSR count). The van der Waals surface area contributed by atoms with E-state index < -0.39 is 0 Å². The van der Waals surface area contributed by atoms with Crippen LogP contribution < -0.4 is 5.32 Å². The fraction of sp³-hybridized carbons (Fsp3) is 0.733. The normalized spacial score (nSPS) is 27.6. The Balaban J connectivity index is 1.76. The van der Waals surface area contributed by atoms with Gasteiger partial charge in [-0.05, 0) is 60.6 Å². The summed E-state index contributed by atoms with van der Waals surface area (Å²) in [5, 5.41) is 3.46. The molecular weight excluding hydrogens is 322 g/mol. The molecule has 1 N–H and O–H groups in total. The van der Waals surface area contributed by atoms with E-state index in [1.807, 2.05) is 7.05 Å². The van der Waals surface area contributed by atoms with Crippen LogP contribution in [0.4, 0.5) is 0 Å². The van der Waals surface area contributed by atoms with E-state index in [-0.39, 0.29) is 5.60 Å². The molecule has 20 heavy (non-hydrogen) atoms. The Labute approximate surface area is 128 Å². The first-order chi connectivity index (χ1) is 9.74. The molecule has 2 saturated heterocycles. The summed E-state index contributed by atoms with van der Waals surface area (Å²) in [4.78, 5) is 0. The van der Waals surface area contributed by atoms with Gasteiger partial charge in [0.25, 0.3) is 0 Å². The molecule has 0 aliphatic carbocycles. The highest BCUT2D eigenvalue weighted by Gasteiger charge is 2.41. The summed E-state index contributed by atoms with van der Waals surface area (Å²) < 4.78 is 17.9. The number of rotatable bonds is 3. The number of hydrogen-bond donors (Lipinski definition) is 1. The Hall–Kier alpha value is -0.360. The molecule has 112 valence electrons. The van der Waals surface area contributed by atoms with Gasteiger partial charge < -0.3 is 19.2 Å². The maximum absolute atomic E-state index is 6.14. The monoisotopic (exact) mass is 343 g/mol. The van der Waals surface area contributed by atoms with Gasteiger partial charge in [0.15, 0.2) is 4.67 Å². The van der Waals surface area contributed by atoms with Gasteiger partial charge in [0, 0.05) is 31.4 Å². The van der Waals surface area contributed by atoms with Crippen LogP contribution >= 0.6 is 15.9 Å². The molecule has 4 nitrogen and oxygen atoms in total. The fourth-order valence-corrected chi connectivity index (χ4v) is 4.10. The van der Waals surface area contributed by atoms with Crippen molar-refractivity contribution in [1.82, 2.24) is 5.32 Å². The first-order valence-corrected chi connectivity index (χ1v) is 8.15. The van der Waals surface area contributed by atoms with E-state index >= 15 is 0 Å². The molecule has 1 aromatic rings. The molecule has 3 heterocycles. The Bertz CT molecular complexity index is 437. The zero-order valence-electron chi connectivity index (χ0n) is 11.9. The van der Waals surface area contributed by atoms with Gasteiger partial charge >= 0.3 is 0 Å². The zero-order valence-corrected chi connectivity index (χ0v) is 13.4. The number of ether oxygens (including phenoxy) is 2. The predicted molar refractivity (Wildman–Crippen MR) is 79.7 cm³/mol. The summed E-state index contributed by atoms with van der Waals surface area (Å²) in [7, 11) is 2.02. The topological polar surface area (TPSA) is 43.6 Å². The van der Waals surface area contributed by atoms with Crippen molar-refractivity contribution in [3.05, 3.63) is 22.6 Å². The molecule has 2 aliphatic heterocycles. The first-order valence-electron chi connectivity index (χ1n) is 7.36. The van der Waals surface area contributed by atoms with Crippen LogP contribution in [0.3, 0.4) is 0 Å². The van der Waals surface area contributed by atoms with Crippen LogP contribution in [0.25, 0.3) is 0 Å². The van der Waals surface area contributed by atoms with E-state index in [4.69, 9.17) is 13.9 Å². The molecule has 0 radical (unpaired) electrons. The number of nitrogens with one attached hydrogen (secondary N) is 1. The maximum Gasteiger partial charge on any atom is 0.173 e. The van der Waals surface area contributed by atoms with Crippen molar-refractivity contribution in [2.75, 3.05) is 26.9 Å². The minimum atomic E-state index is 0.0342. The van der Waals surface area contributed by atoms with Gasteiger partial charge in [0.05, 0.1) is 11.9 Å². The number of furan rings is 1. The van der Waals surface area contributed by atoms with Crippen LogP contribution in [-0.2, 0) is 9.47 Å². The van der Waals surface area contributed by atoms with Gasteiger partial charge in [0.2, 0.25) is 0 Å². The van der Waals surface area contributed by atoms with Gasteiger partial charge in [-0.1, -0.05) is 0 Å². The number of halogens is 1.